The van der Waals surface area contributed by atoms with Crippen molar-refractivity contribution in [2.24, 2.45) is 5.92 Å². The fourth-order valence-corrected chi connectivity index (χ4v) is 2.71. The highest BCUT2D eigenvalue weighted by Crippen LogP contribution is 2.12. The minimum atomic E-state index is -3.68. The van der Waals surface area contributed by atoms with Gasteiger partial charge in [0.25, 0.3) is 0 Å². The average molecular weight is 275 g/mol. The lowest BCUT2D eigenvalue weighted by Crippen LogP contribution is -2.26. The molecule has 1 rings (SSSR count). The minimum Gasteiger partial charge on any atom is -0.469 e. The van der Waals surface area contributed by atoms with Gasteiger partial charge in [-0.05, 0) is 24.3 Å². The van der Waals surface area contributed by atoms with Crippen LogP contribution in [0.5, 0.6) is 0 Å². The highest BCUT2D eigenvalue weighted by Gasteiger charge is 2.22. The van der Waals surface area contributed by atoms with Gasteiger partial charge >= 0.3 is 5.97 Å². The Hall–Kier alpha value is -1.63. The van der Waals surface area contributed by atoms with Crippen molar-refractivity contribution in [3.05, 3.63) is 30.1 Å². The van der Waals surface area contributed by atoms with Gasteiger partial charge in [0, 0.05) is 5.69 Å². The van der Waals surface area contributed by atoms with Crippen molar-refractivity contribution in [3.8, 4) is 0 Å². The summed E-state index contributed by atoms with van der Waals surface area (Å²) in [5, 5.41) is 0. The molecule has 0 saturated heterocycles. The molecular formula is C11H14FNO4S. The molecule has 0 aliphatic heterocycles. The Morgan fingerprint density at radius 3 is 2.44 bits per heavy atom. The third-order valence-electron chi connectivity index (χ3n) is 2.19. The average Bonchev–Trinajstić information content (AvgIpc) is 2.30. The van der Waals surface area contributed by atoms with Gasteiger partial charge in [-0.3, -0.25) is 9.52 Å². The van der Waals surface area contributed by atoms with E-state index in [2.05, 4.69) is 9.46 Å². The molecule has 0 amide bonds. The first-order chi connectivity index (χ1) is 8.34. The smallest absolute Gasteiger partial charge is 0.309 e. The molecule has 1 atom stereocenters. The van der Waals surface area contributed by atoms with E-state index in [1.54, 1.807) is 0 Å². The topological polar surface area (TPSA) is 72.5 Å². The van der Waals surface area contributed by atoms with Crippen LogP contribution in [0.4, 0.5) is 10.1 Å². The summed E-state index contributed by atoms with van der Waals surface area (Å²) in [5.74, 6) is -2.22. The van der Waals surface area contributed by atoms with E-state index in [1.807, 2.05) is 0 Å². The fraction of sp³-hybridized carbons (Fsp3) is 0.364. The van der Waals surface area contributed by atoms with Crippen LogP contribution in [0.2, 0.25) is 0 Å². The van der Waals surface area contributed by atoms with E-state index < -0.39 is 33.5 Å². The van der Waals surface area contributed by atoms with Crippen LogP contribution in [0.3, 0.4) is 0 Å². The number of nitrogens with one attached hydrogen (secondary N) is 1. The molecule has 1 N–H and O–H groups in total. The van der Waals surface area contributed by atoms with Gasteiger partial charge in [0.15, 0.2) is 0 Å². The lowest BCUT2D eigenvalue weighted by molar-refractivity contribution is -0.144. The number of anilines is 1. The number of rotatable bonds is 5. The molecule has 100 valence electrons. The summed E-state index contributed by atoms with van der Waals surface area (Å²) in [4.78, 5) is 11.1. The van der Waals surface area contributed by atoms with E-state index in [9.17, 15) is 17.6 Å². The number of benzene rings is 1. The molecule has 0 fully saturated rings. The molecule has 0 aliphatic rings. The zero-order valence-corrected chi connectivity index (χ0v) is 10.8. The second kappa shape index (κ2) is 5.81. The highest BCUT2D eigenvalue weighted by molar-refractivity contribution is 7.92. The summed E-state index contributed by atoms with van der Waals surface area (Å²) in [6.07, 6.45) is 0. The summed E-state index contributed by atoms with van der Waals surface area (Å²) in [5.41, 5.74) is 0.244. The molecule has 7 heteroatoms. The van der Waals surface area contributed by atoms with Gasteiger partial charge < -0.3 is 4.74 Å². The first-order valence-electron chi connectivity index (χ1n) is 5.18. The van der Waals surface area contributed by atoms with E-state index >= 15 is 0 Å². The Kier molecular flexibility index (Phi) is 4.66. The first-order valence-corrected chi connectivity index (χ1v) is 6.83. The number of methoxy groups -OCH3 is 1. The SMILES string of the molecule is COC(=O)[C@@H](C)CS(=O)(=O)Nc1ccc(F)cc1. The fourth-order valence-electron chi connectivity index (χ4n) is 1.34. The van der Waals surface area contributed by atoms with Crippen LogP contribution >= 0.6 is 0 Å². The standard InChI is InChI=1S/C11H14FNO4S/c1-8(11(14)17-2)7-18(15,16)13-10-5-3-9(12)4-6-10/h3-6,8,13H,7H2,1-2H3/t8-/m0/s1. The largest absolute Gasteiger partial charge is 0.469 e. The maximum Gasteiger partial charge on any atom is 0.309 e. The molecule has 0 heterocycles. The summed E-state index contributed by atoms with van der Waals surface area (Å²) in [6, 6.07) is 4.88. The van der Waals surface area contributed by atoms with Crippen molar-refractivity contribution in [2.45, 2.75) is 6.92 Å². The van der Waals surface area contributed by atoms with Crippen molar-refractivity contribution < 1.29 is 22.3 Å². The molecule has 0 radical (unpaired) electrons. The molecule has 0 aliphatic carbocycles. The Bertz CT molecular complexity index is 512. The number of carbonyl (C=O) groups is 1. The van der Waals surface area contributed by atoms with Crippen molar-refractivity contribution in [2.75, 3.05) is 17.6 Å². The molecule has 0 unspecified atom stereocenters. The van der Waals surface area contributed by atoms with Gasteiger partial charge in [-0.25, -0.2) is 12.8 Å². The normalized spacial score (nSPS) is 12.8. The van der Waals surface area contributed by atoms with E-state index in [0.29, 0.717) is 0 Å². The monoisotopic (exact) mass is 275 g/mol. The lowest BCUT2D eigenvalue weighted by Gasteiger charge is -2.11. The summed E-state index contributed by atoms with van der Waals surface area (Å²) in [7, 11) is -2.48. The first kappa shape index (κ1) is 14.4. The molecule has 5 nitrogen and oxygen atoms in total. The van der Waals surface area contributed by atoms with E-state index in [4.69, 9.17) is 0 Å². The zero-order chi connectivity index (χ0) is 13.8. The molecule has 0 aromatic heterocycles. The molecule has 0 saturated carbocycles. The van der Waals surface area contributed by atoms with Crippen LogP contribution in [-0.4, -0.2) is 27.2 Å². The number of hydrogen-bond acceptors (Lipinski definition) is 4. The second-order valence-corrected chi connectivity index (χ2v) is 5.58. The summed E-state index contributed by atoms with van der Waals surface area (Å²) < 4.78 is 42.7. The molecule has 1 aromatic carbocycles. The van der Waals surface area contributed by atoms with Crippen LogP contribution in [0.15, 0.2) is 24.3 Å². The predicted octanol–water partition coefficient (Wildman–Crippen LogP) is 1.38. The predicted molar refractivity (Wildman–Crippen MR) is 65.0 cm³/mol. The van der Waals surface area contributed by atoms with Gasteiger partial charge in [0.2, 0.25) is 10.0 Å². The van der Waals surface area contributed by atoms with Gasteiger partial charge in [-0.15, -0.1) is 0 Å². The maximum atomic E-state index is 12.6. The van der Waals surface area contributed by atoms with Crippen LogP contribution in [0, 0.1) is 11.7 Å². The Morgan fingerprint density at radius 2 is 1.94 bits per heavy atom. The van der Waals surface area contributed by atoms with Crippen molar-refractivity contribution in [3.63, 3.8) is 0 Å². The van der Waals surface area contributed by atoms with Crippen molar-refractivity contribution in [1.82, 2.24) is 0 Å². The maximum absolute atomic E-state index is 12.6. The van der Waals surface area contributed by atoms with Crippen LogP contribution in [0.1, 0.15) is 6.92 Å². The number of ether oxygens (including phenoxy) is 1. The number of sulfonamides is 1. The number of halogens is 1. The summed E-state index contributed by atoms with van der Waals surface area (Å²) in [6.45, 7) is 1.45. The number of esters is 1. The lowest BCUT2D eigenvalue weighted by atomic mass is 10.2. The summed E-state index contributed by atoms with van der Waals surface area (Å²) >= 11 is 0. The zero-order valence-electron chi connectivity index (χ0n) is 10.0. The number of carbonyl (C=O) groups excluding carboxylic acids is 1. The second-order valence-electron chi connectivity index (χ2n) is 3.81. The van der Waals surface area contributed by atoms with Crippen LogP contribution in [-0.2, 0) is 19.6 Å². The molecule has 18 heavy (non-hydrogen) atoms. The van der Waals surface area contributed by atoms with Crippen molar-refractivity contribution >= 4 is 21.7 Å². The Balaban J connectivity index is 2.70. The number of hydrogen-bond donors (Lipinski definition) is 1. The molecule has 0 spiro atoms. The van der Waals surface area contributed by atoms with Crippen molar-refractivity contribution in [1.29, 1.82) is 0 Å². The Labute approximate surface area is 105 Å². The molecule has 0 bridgehead atoms. The quantitative estimate of drug-likeness (QED) is 0.824. The van der Waals surface area contributed by atoms with E-state index in [0.717, 1.165) is 12.1 Å². The van der Waals surface area contributed by atoms with Gasteiger partial charge in [0.05, 0.1) is 18.8 Å². The molecule has 1 aromatic rings. The van der Waals surface area contributed by atoms with Crippen LogP contribution < -0.4 is 4.72 Å². The molecular weight excluding hydrogens is 261 g/mol. The minimum absolute atomic E-state index is 0.244. The van der Waals surface area contributed by atoms with Crippen LogP contribution in [0.25, 0.3) is 0 Å². The highest BCUT2D eigenvalue weighted by atomic mass is 32.2. The van der Waals surface area contributed by atoms with E-state index in [-0.39, 0.29) is 5.69 Å². The van der Waals surface area contributed by atoms with Gasteiger partial charge in [-0.2, -0.15) is 0 Å². The van der Waals surface area contributed by atoms with Gasteiger partial charge in [0.1, 0.15) is 5.82 Å². The third kappa shape index (κ3) is 4.33. The Morgan fingerprint density at radius 1 is 1.39 bits per heavy atom. The van der Waals surface area contributed by atoms with E-state index in [1.165, 1.54) is 26.2 Å². The third-order valence-corrected chi connectivity index (χ3v) is 3.68. The van der Waals surface area contributed by atoms with Gasteiger partial charge in [-0.1, -0.05) is 6.92 Å².